The number of benzene rings is 1. The number of nitrogen functional groups attached to an aromatic ring is 1. The van der Waals surface area contributed by atoms with E-state index >= 15 is 0 Å². The summed E-state index contributed by atoms with van der Waals surface area (Å²) in [7, 11) is -3.65. The van der Waals surface area contributed by atoms with Crippen molar-refractivity contribution >= 4 is 27.3 Å². The third-order valence-electron chi connectivity index (χ3n) is 2.74. The molecule has 0 fully saturated rings. The number of pyridine rings is 1. The molecule has 3 N–H and O–H groups in total. The van der Waals surface area contributed by atoms with Crippen LogP contribution in [-0.2, 0) is 16.6 Å². The minimum Gasteiger partial charge on any atom is -0.397 e. The van der Waals surface area contributed by atoms with Gasteiger partial charge in [-0.05, 0) is 36.8 Å². The van der Waals surface area contributed by atoms with Crippen molar-refractivity contribution in [3.8, 4) is 0 Å². The molecule has 0 saturated carbocycles. The SMILES string of the molecule is Cc1cc(S(=O)(=O)NCc2ccccn2)cc(N)c1Cl. The van der Waals surface area contributed by atoms with Crippen molar-refractivity contribution in [1.82, 2.24) is 9.71 Å². The lowest BCUT2D eigenvalue weighted by atomic mass is 10.2. The zero-order chi connectivity index (χ0) is 14.8. The first kappa shape index (κ1) is 14.8. The molecule has 0 unspecified atom stereocenters. The molecule has 2 aromatic rings. The van der Waals surface area contributed by atoms with Crippen LogP contribution in [-0.4, -0.2) is 13.4 Å². The fourth-order valence-corrected chi connectivity index (χ4v) is 2.90. The molecule has 1 aromatic carbocycles. The fourth-order valence-electron chi connectivity index (χ4n) is 1.67. The van der Waals surface area contributed by atoms with Gasteiger partial charge in [0.05, 0.1) is 27.8 Å². The van der Waals surface area contributed by atoms with Crippen LogP contribution < -0.4 is 10.5 Å². The number of aryl methyl sites for hydroxylation is 1. The van der Waals surface area contributed by atoms with Crippen LogP contribution in [0.5, 0.6) is 0 Å². The van der Waals surface area contributed by atoms with E-state index in [1.54, 1.807) is 31.3 Å². The van der Waals surface area contributed by atoms with Crippen molar-refractivity contribution < 1.29 is 8.42 Å². The van der Waals surface area contributed by atoms with Gasteiger partial charge in [0.2, 0.25) is 10.0 Å². The van der Waals surface area contributed by atoms with Crippen molar-refractivity contribution in [1.29, 1.82) is 0 Å². The predicted octanol–water partition coefficient (Wildman–Crippen LogP) is 2.10. The van der Waals surface area contributed by atoms with E-state index in [0.717, 1.165) is 0 Å². The monoisotopic (exact) mass is 311 g/mol. The Morgan fingerprint density at radius 2 is 2.10 bits per heavy atom. The Hall–Kier alpha value is -1.63. The molecule has 7 heteroatoms. The summed E-state index contributed by atoms with van der Waals surface area (Å²) >= 11 is 5.92. The number of nitrogens with zero attached hydrogens (tertiary/aromatic N) is 1. The van der Waals surface area contributed by atoms with Gasteiger partial charge in [-0.2, -0.15) is 0 Å². The van der Waals surface area contributed by atoms with Gasteiger partial charge in [0.25, 0.3) is 0 Å². The number of hydrogen-bond donors (Lipinski definition) is 2. The van der Waals surface area contributed by atoms with E-state index in [2.05, 4.69) is 9.71 Å². The van der Waals surface area contributed by atoms with E-state index in [-0.39, 0.29) is 17.1 Å². The van der Waals surface area contributed by atoms with Crippen molar-refractivity contribution in [2.24, 2.45) is 0 Å². The molecule has 1 heterocycles. The van der Waals surface area contributed by atoms with Crippen molar-refractivity contribution in [2.75, 3.05) is 5.73 Å². The Morgan fingerprint density at radius 1 is 1.35 bits per heavy atom. The van der Waals surface area contributed by atoms with Crippen LogP contribution in [0.25, 0.3) is 0 Å². The Morgan fingerprint density at radius 3 is 2.70 bits per heavy atom. The van der Waals surface area contributed by atoms with Crippen LogP contribution in [0.4, 0.5) is 5.69 Å². The third-order valence-corrected chi connectivity index (χ3v) is 4.63. The predicted molar refractivity (Wildman–Crippen MR) is 78.9 cm³/mol. The molecule has 0 saturated heterocycles. The maximum absolute atomic E-state index is 12.2. The molecular weight excluding hydrogens is 298 g/mol. The lowest BCUT2D eigenvalue weighted by Gasteiger charge is -2.09. The second kappa shape index (κ2) is 5.78. The smallest absolute Gasteiger partial charge is 0.241 e. The van der Waals surface area contributed by atoms with Crippen LogP contribution in [0, 0.1) is 6.92 Å². The molecule has 0 atom stereocenters. The maximum Gasteiger partial charge on any atom is 0.241 e. The normalized spacial score (nSPS) is 11.5. The van der Waals surface area contributed by atoms with Gasteiger partial charge in [-0.1, -0.05) is 17.7 Å². The minimum atomic E-state index is -3.65. The summed E-state index contributed by atoms with van der Waals surface area (Å²) in [5, 5.41) is 0.369. The van der Waals surface area contributed by atoms with E-state index in [9.17, 15) is 8.42 Å². The van der Waals surface area contributed by atoms with Crippen LogP contribution in [0.2, 0.25) is 5.02 Å². The number of anilines is 1. The van der Waals surface area contributed by atoms with E-state index < -0.39 is 10.0 Å². The molecule has 20 heavy (non-hydrogen) atoms. The first-order valence-electron chi connectivity index (χ1n) is 5.85. The highest BCUT2D eigenvalue weighted by atomic mass is 35.5. The Balaban J connectivity index is 2.23. The van der Waals surface area contributed by atoms with Crippen molar-refractivity contribution in [2.45, 2.75) is 18.4 Å². The summed E-state index contributed by atoms with van der Waals surface area (Å²) in [5.41, 5.74) is 7.18. The molecule has 1 aromatic heterocycles. The number of sulfonamides is 1. The summed E-state index contributed by atoms with van der Waals surface area (Å²) in [6.07, 6.45) is 1.61. The van der Waals surface area contributed by atoms with E-state index in [1.165, 1.54) is 12.1 Å². The fraction of sp³-hybridized carbons (Fsp3) is 0.154. The molecule has 5 nitrogen and oxygen atoms in total. The second-order valence-corrected chi connectivity index (χ2v) is 6.43. The van der Waals surface area contributed by atoms with Gasteiger partial charge in [0.15, 0.2) is 0 Å². The number of hydrogen-bond acceptors (Lipinski definition) is 4. The van der Waals surface area contributed by atoms with Gasteiger partial charge in [-0.25, -0.2) is 13.1 Å². The number of rotatable bonds is 4. The maximum atomic E-state index is 12.2. The molecular formula is C13H14ClN3O2S. The Kier molecular flexibility index (Phi) is 4.27. The quantitative estimate of drug-likeness (QED) is 0.847. The van der Waals surface area contributed by atoms with Crippen LogP contribution in [0.15, 0.2) is 41.4 Å². The average molecular weight is 312 g/mol. The van der Waals surface area contributed by atoms with Gasteiger partial charge in [0.1, 0.15) is 0 Å². The molecule has 0 spiro atoms. The Labute approximate surface area is 122 Å². The number of aromatic nitrogens is 1. The summed E-state index contributed by atoms with van der Waals surface area (Å²) < 4.78 is 26.8. The second-order valence-electron chi connectivity index (χ2n) is 4.29. The zero-order valence-electron chi connectivity index (χ0n) is 10.8. The highest BCUT2D eigenvalue weighted by Crippen LogP contribution is 2.26. The summed E-state index contributed by atoms with van der Waals surface area (Å²) in [6, 6.07) is 8.13. The number of nitrogens with one attached hydrogen (secondary N) is 1. The number of nitrogens with two attached hydrogens (primary N) is 1. The highest BCUT2D eigenvalue weighted by molar-refractivity contribution is 7.89. The van der Waals surface area contributed by atoms with Crippen molar-refractivity contribution in [3.63, 3.8) is 0 Å². The minimum absolute atomic E-state index is 0.0906. The zero-order valence-corrected chi connectivity index (χ0v) is 12.4. The first-order valence-corrected chi connectivity index (χ1v) is 7.71. The van der Waals surface area contributed by atoms with Gasteiger partial charge >= 0.3 is 0 Å². The van der Waals surface area contributed by atoms with E-state index in [0.29, 0.717) is 16.3 Å². The third kappa shape index (κ3) is 3.27. The molecule has 0 aliphatic heterocycles. The van der Waals surface area contributed by atoms with Crippen molar-refractivity contribution in [3.05, 3.63) is 52.8 Å². The van der Waals surface area contributed by atoms with Crippen LogP contribution in [0.1, 0.15) is 11.3 Å². The van der Waals surface area contributed by atoms with Gasteiger partial charge in [-0.15, -0.1) is 0 Å². The van der Waals surface area contributed by atoms with E-state index in [1.807, 2.05) is 0 Å². The largest absolute Gasteiger partial charge is 0.397 e. The van der Waals surface area contributed by atoms with E-state index in [4.69, 9.17) is 17.3 Å². The first-order chi connectivity index (χ1) is 9.40. The highest BCUT2D eigenvalue weighted by Gasteiger charge is 2.16. The Bertz CT molecular complexity index is 695. The molecule has 0 aliphatic carbocycles. The molecule has 0 aliphatic rings. The van der Waals surface area contributed by atoms with Gasteiger partial charge in [0, 0.05) is 6.20 Å². The molecule has 0 bridgehead atoms. The molecule has 0 radical (unpaired) electrons. The van der Waals surface area contributed by atoms with Gasteiger partial charge in [-0.3, -0.25) is 4.98 Å². The lowest BCUT2D eigenvalue weighted by Crippen LogP contribution is -2.24. The van der Waals surface area contributed by atoms with Gasteiger partial charge < -0.3 is 5.73 Å². The molecule has 106 valence electrons. The lowest BCUT2D eigenvalue weighted by molar-refractivity contribution is 0.580. The summed E-state index contributed by atoms with van der Waals surface area (Å²) in [4.78, 5) is 4.14. The molecule has 2 rings (SSSR count). The van der Waals surface area contributed by atoms with Crippen LogP contribution in [0.3, 0.4) is 0 Å². The topological polar surface area (TPSA) is 85.1 Å². The summed E-state index contributed by atoms with van der Waals surface area (Å²) in [6.45, 7) is 1.82. The average Bonchev–Trinajstić information content (AvgIpc) is 2.43. The number of halogens is 1. The summed E-state index contributed by atoms with van der Waals surface area (Å²) in [5.74, 6) is 0. The van der Waals surface area contributed by atoms with Crippen LogP contribution >= 0.6 is 11.6 Å². The molecule has 0 amide bonds. The standard InChI is InChI=1S/C13H14ClN3O2S/c1-9-6-11(7-12(15)13(9)14)20(18,19)17-8-10-4-2-3-5-16-10/h2-7,17H,8,15H2,1H3.